The first kappa shape index (κ1) is 18.4. The number of benzene rings is 1. The molecule has 0 N–H and O–H groups in total. The first-order chi connectivity index (χ1) is 13.6. The molecule has 1 aliphatic rings. The predicted molar refractivity (Wildman–Crippen MR) is 105 cm³/mol. The Hall–Kier alpha value is -2.93. The zero-order chi connectivity index (χ0) is 19.5. The van der Waals surface area contributed by atoms with Crippen LogP contribution in [0.1, 0.15) is 12.8 Å². The molecule has 1 atom stereocenters. The van der Waals surface area contributed by atoms with E-state index in [4.69, 9.17) is 16.3 Å². The monoisotopic (exact) mass is 398 g/mol. The molecule has 0 aliphatic carbocycles. The van der Waals surface area contributed by atoms with Gasteiger partial charge in [0.25, 0.3) is 5.56 Å². The van der Waals surface area contributed by atoms with Gasteiger partial charge in [-0.15, -0.1) is 0 Å². The number of amides is 1. The third-order valence-corrected chi connectivity index (χ3v) is 5.08. The van der Waals surface area contributed by atoms with E-state index in [1.54, 1.807) is 35.4 Å². The highest BCUT2D eigenvalue weighted by atomic mass is 35.5. The Bertz CT molecular complexity index is 1070. The van der Waals surface area contributed by atoms with Crippen LogP contribution in [0.25, 0.3) is 10.9 Å². The first-order valence-electron chi connectivity index (χ1n) is 9.10. The number of hydrogen-bond acceptors (Lipinski definition) is 5. The molecule has 1 fully saturated rings. The fourth-order valence-electron chi connectivity index (χ4n) is 3.36. The van der Waals surface area contributed by atoms with Crippen LogP contribution in [-0.4, -0.2) is 44.5 Å². The standard InChI is InChI=1S/C20H19ClN4O3/c21-16-10-22-8-7-18(16)28-14-4-3-9-24(11-14)19(26)12-25-13-23-17-6-2-1-5-15(17)20(25)27/h1-2,5-8,10,13-14H,3-4,9,11-12H2/t14-/m0/s1. The highest BCUT2D eigenvalue weighted by Crippen LogP contribution is 2.25. The van der Waals surface area contributed by atoms with Gasteiger partial charge in [0.15, 0.2) is 0 Å². The van der Waals surface area contributed by atoms with Gasteiger partial charge in [0, 0.05) is 25.0 Å². The summed E-state index contributed by atoms with van der Waals surface area (Å²) in [4.78, 5) is 35.3. The molecule has 3 heterocycles. The molecule has 8 heteroatoms. The molecular formula is C20H19ClN4O3. The molecule has 1 aromatic carbocycles. The highest BCUT2D eigenvalue weighted by molar-refractivity contribution is 6.31. The van der Waals surface area contributed by atoms with E-state index >= 15 is 0 Å². The van der Waals surface area contributed by atoms with Crippen molar-refractivity contribution in [2.45, 2.75) is 25.5 Å². The van der Waals surface area contributed by atoms with Gasteiger partial charge in [-0.1, -0.05) is 23.7 Å². The number of halogens is 1. The van der Waals surface area contributed by atoms with E-state index in [2.05, 4.69) is 9.97 Å². The average Bonchev–Trinajstić information content (AvgIpc) is 2.72. The van der Waals surface area contributed by atoms with E-state index in [0.717, 1.165) is 12.8 Å². The average molecular weight is 399 g/mol. The van der Waals surface area contributed by atoms with Gasteiger partial charge in [0.2, 0.25) is 5.91 Å². The molecule has 1 aliphatic heterocycles. The summed E-state index contributed by atoms with van der Waals surface area (Å²) in [6.45, 7) is 1.05. The summed E-state index contributed by atoms with van der Waals surface area (Å²) in [5.74, 6) is 0.430. The number of pyridine rings is 1. The van der Waals surface area contributed by atoms with Crippen molar-refractivity contribution in [1.82, 2.24) is 19.4 Å². The maximum Gasteiger partial charge on any atom is 0.261 e. The Kier molecular flexibility index (Phi) is 5.25. The zero-order valence-corrected chi connectivity index (χ0v) is 15.9. The topological polar surface area (TPSA) is 77.3 Å². The Morgan fingerprint density at radius 3 is 3.00 bits per heavy atom. The molecule has 0 spiro atoms. The van der Waals surface area contributed by atoms with Crippen molar-refractivity contribution < 1.29 is 9.53 Å². The summed E-state index contributed by atoms with van der Waals surface area (Å²) in [7, 11) is 0. The minimum absolute atomic E-state index is 0.0423. The lowest BCUT2D eigenvalue weighted by atomic mass is 10.1. The Morgan fingerprint density at radius 2 is 2.14 bits per heavy atom. The van der Waals surface area contributed by atoms with Gasteiger partial charge in [-0.3, -0.25) is 19.1 Å². The molecule has 0 saturated carbocycles. The second-order valence-corrected chi connectivity index (χ2v) is 7.13. The maximum atomic E-state index is 12.8. The van der Waals surface area contributed by atoms with Gasteiger partial charge in [0.05, 0.1) is 23.8 Å². The molecule has 0 bridgehead atoms. The van der Waals surface area contributed by atoms with E-state index in [9.17, 15) is 9.59 Å². The van der Waals surface area contributed by atoms with Gasteiger partial charge in [-0.2, -0.15) is 0 Å². The van der Waals surface area contributed by atoms with Crippen molar-refractivity contribution in [3.8, 4) is 5.75 Å². The fraction of sp³-hybridized carbons (Fsp3) is 0.300. The van der Waals surface area contributed by atoms with E-state index in [1.807, 2.05) is 6.07 Å². The summed E-state index contributed by atoms with van der Waals surface area (Å²) >= 11 is 6.10. The van der Waals surface area contributed by atoms with Crippen molar-refractivity contribution in [2.75, 3.05) is 13.1 Å². The second kappa shape index (κ2) is 7.98. The van der Waals surface area contributed by atoms with Crippen LogP contribution in [0.4, 0.5) is 0 Å². The fourth-order valence-corrected chi connectivity index (χ4v) is 3.53. The molecule has 0 radical (unpaired) electrons. The summed E-state index contributed by atoms with van der Waals surface area (Å²) in [5, 5.41) is 0.949. The van der Waals surface area contributed by atoms with Crippen LogP contribution >= 0.6 is 11.6 Å². The van der Waals surface area contributed by atoms with Gasteiger partial charge in [0.1, 0.15) is 23.4 Å². The zero-order valence-electron chi connectivity index (χ0n) is 15.1. The van der Waals surface area contributed by atoms with Crippen LogP contribution in [0.15, 0.2) is 53.8 Å². The number of aromatic nitrogens is 3. The van der Waals surface area contributed by atoms with E-state index in [-0.39, 0.29) is 24.1 Å². The van der Waals surface area contributed by atoms with Gasteiger partial charge in [-0.25, -0.2) is 4.98 Å². The van der Waals surface area contributed by atoms with E-state index in [1.165, 1.54) is 17.1 Å². The summed E-state index contributed by atoms with van der Waals surface area (Å²) < 4.78 is 7.31. The van der Waals surface area contributed by atoms with Crippen molar-refractivity contribution in [1.29, 1.82) is 0 Å². The lowest BCUT2D eigenvalue weighted by Crippen LogP contribution is -2.46. The Morgan fingerprint density at radius 1 is 1.29 bits per heavy atom. The molecule has 7 nitrogen and oxygen atoms in total. The minimum Gasteiger partial charge on any atom is -0.487 e. The van der Waals surface area contributed by atoms with Gasteiger partial charge < -0.3 is 9.64 Å². The largest absolute Gasteiger partial charge is 0.487 e. The van der Waals surface area contributed by atoms with E-state index in [0.29, 0.717) is 34.8 Å². The second-order valence-electron chi connectivity index (χ2n) is 6.72. The van der Waals surface area contributed by atoms with Crippen LogP contribution in [0.2, 0.25) is 5.02 Å². The quantitative estimate of drug-likeness (QED) is 0.674. The van der Waals surface area contributed by atoms with Crippen LogP contribution in [-0.2, 0) is 11.3 Å². The van der Waals surface area contributed by atoms with Gasteiger partial charge >= 0.3 is 0 Å². The van der Waals surface area contributed by atoms with Crippen molar-refractivity contribution in [2.24, 2.45) is 0 Å². The molecule has 1 saturated heterocycles. The summed E-state index contributed by atoms with van der Waals surface area (Å²) in [5.41, 5.74) is 0.407. The third kappa shape index (κ3) is 3.84. The minimum atomic E-state index is -0.215. The molecule has 1 amide bonds. The number of nitrogens with zero attached hydrogens (tertiary/aromatic N) is 4. The normalized spacial score (nSPS) is 16.9. The number of para-hydroxylation sites is 1. The molecule has 3 aromatic rings. The molecular weight excluding hydrogens is 380 g/mol. The number of ether oxygens (including phenoxy) is 1. The number of likely N-dealkylation sites (tertiary alicyclic amines) is 1. The third-order valence-electron chi connectivity index (χ3n) is 4.80. The predicted octanol–water partition coefficient (Wildman–Crippen LogP) is 2.51. The molecule has 28 heavy (non-hydrogen) atoms. The Labute approximate surface area is 166 Å². The number of hydrogen-bond donors (Lipinski definition) is 0. The van der Waals surface area contributed by atoms with E-state index < -0.39 is 0 Å². The summed E-state index contributed by atoms with van der Waals surface area (Å²) in [6, 6.07) is 8.82. The SMILES string of the molecule is O=C(Cn1cnc2ccccc2c1=O)N1CCC[C@H](Oc2ccncc2Cl)C1. The van der Waals surface area contributed by atoms with Crippen molar-refractivity contribution in [3.63, 3.8) is 0 Å². The lowest BCUT2D eigenvalue weighted by molar-refractivity contribution is -0.134. The number of rotatable bonds is 4. The summed E-state index contributed by atoms with van der Waals surface area (Å²) in [6.07, 6.45) is 6.08. The van der Waals surface area contributed by atoms with Gasteiger partial charge in [-0.05, 0) is 25.0 Å². The van der Waals surface area contributed by atoms with Crippen molar-refractivity contribution >= 4 is 28.4 Å². The van der Waals surface area contributed by atoms with Crippen LogP contribution in [0.3, 0.4) is 0 Å². The molecule has 4 rings (SSSR count). The first-order valence-corrected chi connectivity index (χ1v) is 9.48. The van der Waals surface area contributed by atoms with Crippen LogP contribution < -0.4 is 10.3 Å². The van der Waals surface area contributed by atoms with Crippen molar-refractivity contribution in [3.05, 3.63) is 64.4 Å². The molecule has 0 unspecified atom stereocenters. The Balaban J connectivity index is 1.45. The maximum absolute atomic E-state index is 12.8. The number of fused-ring (bicyclic) bond motifs is 1. The number of piperidine rings is 1. The van der Waals surface area contributed by atoms with Crippen LogP contribution in [0, 0.1) is 0 Å². The number of carbonyl (C=O) groups is 1. The smallest absolute Gasteiger partial charge is 0.261 e. The van der Waals surface area contributed by atoms with Crippen LogP contribution in [0.5, 0.6) is 5.75 Å². The molecule has 144 valence electrons. The highest BCUT2D eigenvalue weighted by Gasteiger charge is 2.25. The number of carbonyl (C=O) groups excluding carboxylic acids is 1. The molecule has 2 aromatic heterocycles. The lowest BCUT2D eigenvalue weighted by Gasteiger charge is -2.33.